The van der Waals surface area contributed by atoms with Crippen LogP contribution in [0.1, 0.15) is 5.56 Å². The van der Waals surface area contributed by atoms with Crippen molar-refractivity contribution in [1.82, 2.24) is 5.32 Å². The second kappa shape index (κ2) is 5.65. The molecule has 0 spiro atoms. The number of amides is 2. The third kappa shape index (κ3) is 2.52. The number of aliphatic imine (C=N–C) groups is 1. The zero-order valence-electron chi connectivity index (χ0n) is 11.5. The van der Waals surface area contributed by atoms with E-state index in [-0.39, 0.29) is 11.3 Å². The second-order valence-corrected chi connectivity index (χ2v) is 4.67. The monoisotopic (exact) mass is 292 g/mol. The summed E-state index contributed by atoms with van der Waals surface area (Å²) in [5.74, 6) is -2.07. The Kier molecular flexibility index (Phi) is 3.53. The highest BCUT2D eigenvalue weighted by atomic mass is 16.3. The van der Waals surface area contributed by atoms with Crippen LogP contribution < -0.4 is 5.32 Å². The van der Waals surface area contributed by atoms with Crippen molar-refractivity contribution in [2.45, 2.75) is 0 Å². The number of carbonyl (C=O) groups excluding carboxylic acids is 2. The normalized spacial score (nSPS) is 15.2. The molecule has 2 aromatic rings. The molecule has 22 heavy (non-hydrogen) atoms. The first-order valence-electron chi connectivity index (χ1n) is 6.65. The molecule has 0 unspecified atom stereocenters. The summed E-state index contributed by atoms with van der Waals surface area (Å²) in [5.41, 5.74) is 1.40. The molecule has 1 heterocycles. The van der Waals surface area contributed by atoms with Crippen molar-refractivity contribution in [2.24, 2.45) is 4.99 Å². The molecular formula is C17H12N2O3. The van der Waals surface area contributed by atoms with Crippen LogP contribution in [0.15, 0.2) is 77.0 Å². The highest BCUT2D eigenvalue weighted by Gasteiger charge is 2.34. The highest BCUT2D eigenvalue weighted by Crippen LogP contribution is 2.21. The molecule has 0 aliphatic carbocycles. The number of carbonyl (C=O) groups is 2. The molecule has 0 fully saturated rings. The van der Waals surface area contributed by atoms with Gasteiger partial charge in [-0.05, 0) is 12.1 Å². The van der Waals surface area contributed by atoms with Crippen LogP contribution in [-0.2, 0) is 9.59 Å². The first-order valence-corrected chi connectivity index (χ1v) is 6.65. The number of benzene rings is 2. The number of nitrogens with one attached hydrogen (secondary N) is 1. The molecule has 5 nitrogen and oxygen atoms in total. The topological polar surface area (TPSA) is 78.8 Å². The third-order valence-corrected chi connectivity index (χ3v) is 3.19. The number of rotatable bonds is 3. The van der Waals surface area contributed by atoms with E-state index in [9.17, 15) is 14.7 Å². The van der Waals surface area contributed by atoms with Crippen molar-refractivity contribution in [3.05, 3.63) is 77.6 Å². The Hall–Kier alpha value is -3.21. The zero-order chi connectivity index (χ0) is 15.5. The number of hydrogen-bond donors (Lipinski definition) is 2. The molecule has 108 valence electrons. The molecule has 0 radical (unpaired) electrons. The van der Waals surface area contributed by atoms with E-state index in [4.69, 9.17) is 0 Å². The van der Waals surface area contributed by atoms with Crippen molar-refractivity contribution in [3.63, 3.8) is 0 Å². The summed E-state index contributed by atoms with van der Waals surface area (Å²) >= 11 is 0. The van der Waals surface area contributed by atoms with E-state index in [1.807, 2.05) is 24.3 Å². The van der Waals surface area contributed by atoms with Crippen molar-refractivity contribution >= 4 is 23.2 Å². The van der Waals surface area contributed by atoms with E-state index in [2.05, 4.69) is 10.3 Å². The Morgan fingerprint density at radius 1 is 0.864 bits per heavy atom. The molecule has 1 aliphatic rings. The van der Waals surface area contributed by atoms with Gasteiger partial charge >= 0.3 is 0 Å². The molecule has 5 heteroatoms. The maximum Gasteiger partial charge on any atom is 0.293 e. The van der Waals surface area contributed by atoms with Gasteiger partial charge in [0.15, 0.2) is 5.76 Å². The van der Waals surface area contributed by atoms with Crippen molar-refractivity contribution in [1.29, 1.82) is 0 Å². The van der Waals surface area contributed by atoms with Gasteiger partial charge in [0.2, 0.25) is 0 Å². The summed E-state index contributed by atoms with van der Waals surface area (Å²) in [5, 5.41) is 12.0. The third-order valence-electron chi connectivity index (χ3n) is 3.19. The summed E-state index contributed by atoms with van der Waals surface area (Å²) in [4.78, 5) is 27.9. The van der Waals surface area contributed by atoms with Crippen LogP contribution >= 0.6 is 0 Å². The number of para-hydroxylation sites is 1. The van der Waals surface area contributed by atoms with Gasteiger partial charge in [0.05, 0.1) is 11.4 Å². The average Bonchev–Trinajstić information content (AvgIpc) is 2.80. The Morgan fingerprint density at radius 3 is 2.00 bits per heavy atom. The lowest BCUT2D eigenvalue weighted by molar-refractivity contribution is -0.125. The largest absolute Gasteiger partial charge is 0.502 e. The van der Waals surface area contributed by atoms with E-state index in [1.54, 1.807) is 36.4 Å². The summed E-state index contributed by atoms with van der Waals surface area (Å²) in [6.45, 7) is 0. The van der Waals surface area contributed by atoms with Crippen molar-refractivity contribution < 1.29 is 14.7 Å². The van der Waals surface area contributed by atoms with E-state index in [1.165, 1.54) is 0 Å². The minimum absolute atomic E-state index is 0.111. The fraction of sp³-hybridized carbons (Fsp3) is 0. The number of nitrogens with zero attached hydrogens (tertiary/aromatic N) is 1. The van der Waals surface area contributed by atoms with Gasteiger partial charge in [0.1, 0.15) is 5.57 Å². The van der Waals surface area contributed by atoms with Gasteiger partial charge in [0, 0.05) is 5.56 Å². The summed E-state index contributed by atoms with van der Waals surface area (Å²) in [7, 11) is 0. The van der Waals surface area contributed by atoms with Crippen LogP contribution in [0, 0.1) is 0 Å². The van der Waals surface area contributed by atoms with Crippen LogP contribution in [0.25, 0.3) is 0 Å². The molecule has 0 saturated carbocycles. The molecule has 0 bridgehead atoms. The molecule has 3 rings (SSSR count). The predicted octanol–water partition coefficient (Wildman–Crippen LogP) is 2.28. The van der Waals surface area contributed by atoms with Crippen LogP contribution in [0.4, 0.5) is 5.69 Å². The number of imide groups is 1. The van der Waals surface area contributed by atoms with E-state index < -0.39 is 17.6 Å². The van der Waals surface area contributed by atoms with E-state index in [0.29, 0.717) is 11.3 Å². The van der Waals surface area contributed by atoms with Crippen LogP contribution in [-0.4, -0.2) is 22.6 Å². The summed E-state index contributed by atoms with van der Waals surface area (Å²) in [6.07, 6.45) is 0. The van der Waals surface area contributed by atoms with Gasteiger partial charge in [-0.25, -0.2) is 4.99 Å². The molecule has 1 aliphatic heterocycles. The first kappa shape index (κ1) is 13.8. The lowest BCUT2D eigenvalue weighted by Gasteiger charge is -2.07. The molecule has 0 atom stereocenters. The molecule has 2 aromatic carbocycles. The zero-order valence-corrected chi connectivity index (χ0v) is 11.5. The molecule has 2 amide bonds. The maximum atomic E-state index is 12.0. The minimum atomic E-state index is -0.809. The van der Waals surface area contributed by atoms with Crippen molar-refractivity contribution in [3.8, 4) is 0 Å². The van der Waals surface area contributed by atoms with Crippen LogP contribution in [0.3, 0.4) is 0 Å². The van der Waals surface area contributed by atoms with Gasteiger partial charge in [-0.15, -0.1) is 0 Å². The molecular weight excluding hydrogens is 280 g/mol. The lowest BCUT2D eigenvalue weighted by Crippen LogP contribution is -2.25. The van der Waals surface area contributed by atoms with Gasteiger partial charge in [-0.2, -0.15) is 0 Å². The van der Waals surface area contributed by atoms with E-state index in [0.717, 1.165) is 0 Å². The maximum absolute atomic E-state index is 12.0. The standard InChI is InChI=1S/C17H12N2O3/c20-15-13(16(21)19-17(15)22)14(11-7-3-1-4-8-11)18-12-9-5-2-6-10-12/h1-10H,(H2,19,20,21,22). The predicted molar refractivity (Wildman–Crippen MR) is 81.9 cm³/mol. The first-order chi connectivity index (χ1) is 10.7. The SMILES string of the molecule is O=C1NC(=O)C(C(=Nc2ccccc2)c2ccccc2)=C1O. The summed E-state index contributed by atoms with van der Waals surface area (Å²) < 4.78 is 0. The number of hydrogen-bond acceptors (Lipinski definition) is 4. The van der Waals surface area contributed by atoms with Gasteiger partial charge in [-0.3, -0.25) is 14.9 Å². The van der Waals surface area contributed by atoms with Gasteiger partial charge in [0.25, 0.3) is 11.8 Å². The fourth-order valence-electron chi connectivity index (χ4n) is 2.16. The number of aliphatic hydroxyl groups excluding tert-OH is 1. The van der Waals surface area contributed by atoms with Gasteiger partial charge in [-0.1, -0.05) is 48.5 Å². The van der Waals surface area contributed by atoms with Gasteiger partial charge < -0.3 is 5.11 Å². The summed E-state index contributed by atoms with van der Waals surface area (Å²) in [6, 6.07) is 18.0. The quantitative estimate of drug-likeness (QED) is 0.673. The highest BCUT2D eigenvalue weighted by molar-refractivity contribution is 6.36. The van der Waals surface area contributed by atoms with Crippen LogP contribution in [0.5, 0.6) is 0 Å². The second-order valence-electron chi connectivity index (χ2n) is 4.67. The lowest BCUT2D eigenvalue weighted by atomic mass is 10.0. The fourth-order valence-corrected chi connectivity index (χ4v) is 2.16. The number of aliphatic hydroxyl groups is 1. The Bertz CT molecular complexity index is 793. The Labute approximate surface area is 126 Å². The Balaban J connectivity index is 2.19. The average molecular weight is 292 g/mol. The smallest absolute Gasteiger partial charge is 0.293 e. The molecule has 0 saturated heterocycles. The molecule has 0 aromatic heterocycles. The van der Waals surface area contributed by atoms with Crippen LogP contribution in [0.2, 0.25) is 0 Å². The minimum Gasteiger partial charge on any atom is -0.502 e. The van der Waals surface area contributed by atoms with Crippen molar-refractivity contribution in [2.75, 3.05) is 0 Å². The van der Waals surface area contributed by atoms with E-state index >= 15 is 0 Å². The Morgan fingerprint density at radius 2 is 1.45 bits per heavy atom. The molecule has 2 N–H and O–H groups in total.